The molecule has 0 aromatic heterocycles. The second kappa shape index (κ2) is 6.02. The number of anilines is 1. The molecule has 2 N–H and O–H groups in total. The number of carbonyl (C=O) groups is 1. The lowest BCUT2D eigenvalue weighted by Gasteiger charge is -2.06. The summed E-state index contributed by atoms with van der Waals surface area (Å²) in [5.74, 6) is 0. The number of rotatable bonds is 4. The van der Waals surface area contributed by atoms with Crippen molar-refractivity contribution in [3.05, 3.63) is 30.3 Å². The Labute approximate surface area is 84.5 Å². The van der Waals surface area contributed by atoms with Crippen molar-refractivity contribution in [3.63, 3.8) is 0 Å². The second-order valence-corrected chi connectivity index (χ2v) is 3.10. The van der Waals surface area contributed by atoms with E-state index in [-0.39, 0.29) is 6.03 Å². The van der Waals surface area contributed by atoms with Gasteiger partial charge >= 0.3 is 6.03 Å². The van der Waals surface area contributed by atoms with Gasteiger partial charge in [0.25, 0.3) is 0 Å². The molecule has 0 aliphatic heterocycles. The van der Waals surface area contributed by atoms with Gasteiger partial charge in [0.15, 0.2) is 0 Å². The van der Waals surface area contributed by atoms with Crippen LogP contribution in [-0.2, 0) is 0 Å². The lowest BCUT2D eigenvalue weighted by atomic mass is 10.2. The molecule has 1 aromatic carbocycles. The van der Waals surface area contributed by atoms with Crippen LogP contribution in [0.2, 0.25) is 0 Å². The third-order valence-corrected chi connectivity index (χ3v) is 1.85. The molecule has 0 spiro atoms. The summed E-state index contributed by atoms with van der Waals surface area (Å²) in [5, 5.41) is 5.53. The standard InChI is InChI=1S/C11H16N2O/c1-2-3-9-12-11(14)13-10-7-5-4-6-8-10/h4-8H,2-3,9H2,1H3,(H2,12,13,14)/i11-1. The van der Waals surface area contributed by atoms with Gasteiger partial charge in [0.05, 0.1) is 0 Å². The maximum Gasteiger partial charge on any atom is 0.319 e. The summed E-state index contributed by atoms with van der Waals surface area (Å²) in [6.07, 6.45) is 2.10. The molecule has 0 atom stereocenters. The van der Waals surface area contributed by atoms with Crippen molar-refractivity contribution in [3.8, 4) is 0 Å². The Bertz CT molecular complexity index is 272. The molecular weight excluding hydrogens is 175 g/mol. The molecule has 1 aromatic rings. The van der Waals surface area contributed by atoms with Crippen LogP contribution in [0.3, 0.4) is 0 Å². The Balaban J connectivity index is 2.27. The molecule has 0 fully saturated rings. The van der Waals surface area contributed by atoms with E-state index in [0.29, 0.717) is 0 Å². The summed E-state index contributed by atoms with van der Waals surface area (Å²) in [6.45, 7) is 2.83. The molecule has 0 heterocycles. The molecule has 0 aliphatic carbocycles. The number of carbonyl (C=O) groups excluding carboxylic acids is 1. The first-order valence-corrected chi connectivity index (χ1v) is 4.93. The first-order valence-electron chi connectivity index (χ1n) is 4.93. The number of unbranched alkanes of at least 4 members (excludes halogenated alkanes) is 1. The Hall–Kier alpha value is -1.51. The minimum Gasteiger partial charge on any atom is -0.338 e. The van der Waals surface area contributed by atoms with E-state index in [2.05, 4.69) is 17.6 Å². The predicted octanol–water partition coefficient (Wildman–Crippen LogP) is 2.61. The van der Waals surface area contributed by atoms with Crippen LogP contribution >= 0.6 is 0 Å². The van der Waals surface area contributed by atoms with E-state index in [0.717, 1.165) is 25.1 Å². The summed E-state index contributed by atoms with van der Waals surface area (Å²) in [4.78, 5) is 11.3. The van der Waals surface area contributed by atoms with Crippen LogP contribution in [0.4, 0.5) is 10.5 Å². The van der Waals surface area contributed by atoms with Crippen molar-refractivity contribution in [2.45, 2.75) is 19.8 Å². The molecule has 14 heavy (non-hydrogen) atoms. The fraction of sp³-hybridized carbons (Fsp3) is 0.364. The van der Waals surface area contributed by atoms with Crippen LogP contribution in [0.15, 0.2) is 30.3 Å². The van der Waals surface area contributed by atoms with E-state index in [9.17, 15) is 4.79 Å². The first kappa shape index (κ1) is 10.6. The van der Waals surface area contributed by atoms with Gasteiger partial charge in [-0.25, -0.2) is 4.79 Å². The van der Waals surface area contributed by atoms with Crippen molar-refractivity contribution < 1.29 is 4.79 Å². The lowest BCUT2D eigenvalue weighted by Crippen LogP contribution is -2.29. The third-order valence-electron chi connectivity index (χ3n) is 1.85. The number of hydrogen-bond donors (Lipinski definition) is 2. The summed E-state index contributed by atoms with van der Waals surface area (Å²) < 4.78 is 0. The molecule has 1 rings (SSSR count). The zero-order chi connectivity index (χ0) is 10.2. The van der Waals surface area contributed by atoms with Crippen molar-refractivity contribution in [1.29, 1.82) is 0 Å². The molecule has 0 saturated heterocycles. The average Bonchev–Trinajstić information content (AvgIpc) is 2.20. The quantitative estimate of drug-likeness (QED) is 0.706. The summed E-state index contributed by atoms with van der Waals surface area (Å²) in [5.41, 5.74) is 0.821. The Morgan fingerprint density at radius 1 is 1.29 bits per heavy atom. The van der Waals surface area contributed by atoms with Gasteiger partial charge in [-0.05, 0) is 18.6 Å². The number of para-hydroxylation sites is 1. The molecular formula is C11H16N2O. The molecule has 0 unspecified atom stereocenters. The van der Waals surface area contributed by atoms with Gasteiger partial charge in [0.2, 0.25) is 0 Å². The number of urea groups is 1. The zero-order valence-electron chi connectivity index (χ0n) is 8.42. The zero-order valence-corrected chi connectivity index (χ0v) is 8.42. The minimum atomic E-state index is -0.135. The molecule has 0 aliphatic rings. The topological polar surface area (TPSA) is 41.1 Å². The molecule has 3 nitrogen and oxygen atoms in total. The second-order valence-electron chi connectivity index (χ2n) is 3.10. The molecule has 3 heteroatoms. The van der Waals surface area contributed by atoms with E-state index in [1.54, 1.807) is 0 Å². The lowest BCUT2D eigenvalue weighted by molar-refractivity contribution is 0.252. The first-order chi connectivity index (χ1) is 6.83. The third kappa shape index (κ3) is 3.94. The minimum absolute atomic E-state index is 0.135. The van der Waals surface area contributed by atoms with Crippen molar-refractivity contribution in [1.82, 2.24) is 5.32 Å². The Kier molecular flexibility index (Phi) is 4.55. The highest BCUT2D eigenvalue weighted by molar-refractivity contribution is 5.89. The molecule has 2 amide bonds. The van der Waals surface area contributed by atoms with Crippen LogP contribution in [0, 0.1) is 0 Å². The van der Waals surface area contributed by atoms with Crippen LogP contribution in [0.5, 0.6) is 0 Å². The van der Waals surface area contributed by atoms with Gasteiger partial charge < -0.3 is 10.6 Å². The summed E-state index contributed by atoms with van der Waals surface area (Å²) in [6, 6.07) is 9.28. The van der Waals surface area contributed by atoms with Gasteiger partial charge in [-0.2, -0.15) is 0 Å². The largest absolute Gasteiger partial charge is 0.338 e. The normalized spacial score (nSPS) is 9.50. The molecule has 76 valence electrons. The molecule has 0 radical (unpaired) electrons. The number of hydrogen-bond acceptors (Lipinski definition) is 1. The van der Waals surface area contributed by atoms with E-state index in [4.69, 9.17) is 0 Å². The van der Waals surface area contributed by atoms with Crippen molar-refractivity contribution >= 4 is 11.7 Å². The SMILES string of the molecule is CCCCN[11C](=O)Nc1ccccc1. The fourth-order valence-electron chi connectivity index (χ4n) is 1.08. The molecule has 0 saturated carbocycles. The summed E-state index contributed by atoms with van der Waals surface area (Å²) >= 11 is 0. The van der Waals surface area contributed by atoms with E-state index < -0.39 is 0 Å². The van der Waals surface area contributed by atoms with E-state index in [1.807, 2.05) is 30.3 Å². The van der Waals surface area contributed by atoms with E-state index >= 15 is 0 Å². The van der Waals surface area contributed by atoms with Crippen LogP contribution in [0.25, 0.3) is 0 Å². The molecule has 0 bridgehead atoms. The number of nitrogens with one attached hydrogen (secondary N) is 2. The van der Waals surface area contributed by atoms with Gasteiger partial charge in [-0.3, -0.25) is 0 Å². The maximum absolute atomic E-state index is 11.3. The van der Waals surface area contributed by atoms with Gasteiger partial charge in [-0.1, -0.05) is 31.5 Å². The number of amides is 2. The fourth-order valence-corrected chi connectivity index (χ4v) is 1.08. The Morgan fingerprint density at radius 3 is 2.64 bits per heavy atom. The number of benzene rings is 1. The smallest absolute Gasteiger partial charge is 0.319 e. The highest BCUT2D eigenvalue weighted by atomic mass is 16.1. The van der Waals surface area contributed by atoms with Crippen LogP contribution < -0.4 is 10.6 Å². The van der Waals surface area contributed by atoms with E-state index in [1.165, 1.54) is 0 Å². The predicted molar refractivity (Wildman–Crippen MR) is 58.4 cm³/mol. The average molecular weight is 191 g/mol. The highest BCUT2D eigenvalue weighted by Gasteiger charge is 1.98. The van der Waals surface area contributed by atoms with Crippen LogP contribution in [-0.4, -0.2) is 12.6 Å². The Morgan fingerprint density at radius 2 is 2.00 bits per heavy atom. The summed E-state index contributed by atoms with van der Waals surface area (Å²) in [7, 11) is 0. The van der Waals surface area contributed by atoms with Gasteiger partial charge in [0, 0.05) is 12.2 Å². The van der Waals surface area contributed by atoms with Gasteiger partial charge in [-0.15, -0.1) is 0 Å². The van der Waals surface area contributed by atoms with Crippen molar-refractivity contribution in [2.24, 2.45) is 0 Å². The monoisotopic (exact) mass is 191 g/mol. The van der Waals surface area contributed by atoms with Crippen molar-refractivity contribution in [2.75, 3.05) is 11.9 Å². The highest BCUT2D eigenvalue weighted by Crippen LogP contribution is 2.03. The maximum atomic E-state index is 11.3. The van der Waals surface area contributed by atoms with Crippen LogP contribution in [0.1, 0.15) is 19.8 Å². The van der Waals surface area contributed by atoms with Gasteiger partial charge in [0.1, 0.15) is 0 Å².